The minimum absolute atomic E-state index is 0.0547. The molecule has 0 aromatic heterocycles. The van der Waals surface area contributed by atoms with Crippen LogP contribution in [0.5, 0.6) is 0 Å². The Kier molecular flexibility index (Phi) is 4.84. The van der Waals surface area contributed by atoms with Crippen molar-refractivity contribution in [1.82, 2.24) is 5.32 Å². The van der Waals surface area contributed by atoms with Gasteiger partial charge in [-0.2, -0.15) is 0 Å². The fourth-order valence-corrected chi connectivity index (χ4v) is 1.49. The molecule has 0 heterocycles. The second-order valence-electron chi connectivity index (χ2n) is 5.24. The number of halogens is 1. The maximum atomic E-state index is 13.1. The van der Waals surface area contributed by atoms with Crippen LogP contribution in [0.3, 0.4) is 0 Å². The predicted octanol–water partition coefficient (Wildman–Crippen LogP) is 2.68. The summed E-state index contributed by atoms with van der Waals surface area (Å²) >= 11 is 0. The Morgan fingerprint density at radius 3 is 2.61 bits per heavy atom. The fraction of sp³-hybridized carbons (Fsp3) is 0.500. The van der Waals surface area contributed by atoms with E-state index < -0.39 is 5.41 Å². The lowest BCUT2D eigenvalue weighted by Crippen LogP contribution is -2.37. The lowest BCUT2D eigenvalue weighted by Gasteiger charge is -2.21. The van der Waals surface area contributed by atoms with Crippen LogP contribution in [0, 0.1) is 11.2 Å². The van der Waals surface area contributed by atoms with Gasteiger partial charge in [0.25, 0.3) is 0 Å². The second kappa shape index (κ2) is 5.96. The van der Waals surface area contributed by atoms with Gasteiger partial charge in [-0.05, 0) is 17.7 Å². The van der Waals surface area contributed by atoms with Gasteiger partial charge in [-0.1, -0.05) is 32.9 Å². The van der Waals surface area contributed by atoms with Crippen LogP contribution in [-0.2, 0) is 9.53 Å². The average Bonchev–Trinajstić information content (AvgIpc) is 2.28. The molecule has 100 valence electrons. The van der Waals surface area contributed by atoms with E-state index in [4.69, 9.17) is 4.74 Å². The van der Waals surface area contributed by atoms with Crippen molar-refractivity contribution in [3.8, 4) is 0 Å². The Morgan fingerprint density at radius 2 is 2.11 bits per heavy atom. The maximum absolute atomic E-state index is 13.1. The summed E-state index contributed by atoms with van der Waals surface area (Å²) in [6.07, 6.45) is -0.341. The summed E-state index contributed by atoms with van der Waals surface area (Å²) in [4.78, 5) is 11.7. The number of hydrogen-bond donors (Lipinski definition) is 1. The molecule has 1 amide bonds. The van der Waals surface area contributed by atoms with Gasteiger partial charge in [0.05, 0.1) is 6.10 Å². The number of carbonyl (C=O) groups is 1. The second-order valence-corrected chi connectivity index (χ2v) is 5.24. The third kappa shape index (κ3) is 4.11. The molecule has 0 fully saturated rings. The largest absolute Gasteiger partial charge is 0.375 e. The monoisotopic (exact) mass is 253 g/mol. The van der Waals surface area contributed by atoms with E-state index in [-0.39, 0.29) is 17.8 Å². The number of rotatable bonds is 4. The summed E-state index contributed by atoms with van der Waals surface area (Å²) in [6.45, 7) is 5.85. The van der Waals surface area contributed by atoms with Gasteiger partial charge in [-0.25, -0.2) is 4.39 Å². The van der Waals surface area contributed by atoms with Gasteiger partial charge in [-0.3, -0.25) is 4.79 Å². The molecule has 4 heteroatoms. The number of hydrogen-bond acceptors (Lipinski definition) is 2. The summed E-state index contributed by atoms with van der Waals surface area (Å²) < 4.78 is 18.4. The molecule has 0 aliphatic rings. The van der Waals surface area contributed by atoms with Crippen LogP contribution < -0.4 is 5.32 Å². The smallest absolute Gasteiger partial charge is 0.225 e. The third-order valence-electron chi connectivity index (χ3n) is 2.63. The number of carbonyl (C=O) groups excluding carboxylic acids is 1. The van der Waals surface area contributed by atoms with Crippen molar-refractivity contribution < 1.29 is 13.9 Å². The van der Waals surface area contributed by atoms with Crippen molar-refractivity contribution in [2.24, 2.45) is 5.41 Å². The van der Waals surface area contributed by atoms with Crippen molar-refractivity contribution in [3.63, 3.8) is 0 Å². The highest BCUT2D eigenvalue weighted by Gasteiger charge is 2.22. The molecule has 1 rings (SSSR count). The zero-order chi connectivity index (χ0) is 13.8. The normalized spacial score (nSPS) is 13.2. The van der Waals surface area contributed by atoms with Gasteiger partial charge in [0, 0.05) is 19.1 Å². The van der Waals surface area contributed by atoms with Crippen molar-refractivity contribution >= 4 is 5.91 Å². The van der Waals surface area contributed by atoms with E-state index in [1.54, 1.807) is 19.2 Å². The Morgan fingerprint density at radius 1 is 1.44 bits per heavy atom. The highest BCUT2D eigenvalue weighted by Crippen LogP contribution is 2.18. The molecule has 1 atom stereocenters. The van der Waals surface area contributed by atoms with Crippen LogP contribution in [-0.4, -0.2) is 19.6 Å². The first kappa shape index (κ1) is 14.6. The predicted molar refractivity (Wildman–Crippen MR) is 68.6 cm³/mol. The molecule has 0 aliphatic heterocycles. The zero-order valence-corrected chi connectivity index (χ0v) is 11.3. The molecule has 1 aromatic carbocycles. The van der Waals surface area contributed by atoms with Crippen LogP contribution >= 0.6 is 0 Å². The van der Waals surface area contributed by atoms with E-state index in [1.165, 1.54) is 12.1 Å². The van der Waals surface area contributed by atoms with Gasteiger partial charge >= 0.3 is 0 Å². The molecule has 1 unspecified atom stereocenters. The van der Waals surface area contributed by atoms with E-state index in [0.717, 1.165) is 0 Å². The Hall–Kier alpha value is -1.42. The zero-order valence-electron chi connectivity index (χ0n) is 11.3. The Labute approximate surface area is 107 Å². The number of methoxy groups -OCH3 is 1. The van der Waals surface area contributed by atoms with Gasteiger partial charge in [-0.15, -0.1) is 0 Å². The molecule has 0 aliphatic carbocycles. The fourth-order valence-electron chi connectivity index (χ4n) is 1.49. The van der Waals surface area contributed by atoms with E-state index in [0.29, 0.717) is 12.1 Å². The van der Waals surface area contributed by atoms with Gasteiger partial charge in [0.2, 0.25) is 5.91 Å². The third-order valence-corrected chi connectivity index (χ3v) is 2.63. The average molecular weight is 253 g/mol. The molecule has 0 spiro atoms. The molecule has 1 N–H and O–H groups in total. The molecular formula is C14H20FNO2. The first-order chi connectivity index (χ1) is 8.34. The molecular weight excluding hydrogens is 233 g/mol. The first-order valence-corrected chi connectivity index (χ1v) is 5.91. The Balaban J connectivity index is 2.66. The van der Waals surface area contributed by atoms with Crippen LogP contribution in [0.2, 0.25) is 0 Å². The molecule has 0 radical (unpaired) electrons. The molecule has 0 saturated carbocycles. The SMILES string of the molecule is COC(CNC(=O)C(C)(C)C)c1cccc(F)c1. The summed E-state index contributed by atoms with van der Waals surface area (Å²) in [5.41, 5.74) is 0.270. The van der Waals surface area contributed by atoms with Gasteiger partial charge in [0.15, 0.2) is 0 Å². The van der Waals surface area contributed by atoms with Crippen LogP contribution in [0.25, 0.3) is 0 Å². The minimum Gasteiger partial charge on any atom is -0.375 e. The minimum atomic E-state index is -0.444. The maximum Gasteiger partial charge on any atom is 0.225 e. The molecule has 3 nitrogen and oxygen atoms in total. The summed E-state index contributed by atoms with van der Waals surface area (Å²) in [7, 11) is 1.54. The molecule has 0 bridgehead atoms. The highest BCUT2D eigenvalue weighted by atomic mass is 19.1. The topological polar surface area (TPSA) is 38.3 Å². The lowest BCUT2D eigenvalue weighted by atomic mass is 9.95. The van der Waals surface area contributed by atoms with Gasteiger partial charge in [0.1, 0.15) is 5.82 Å². The van der Waals surface area contributed by atoms with E-state index in [2.05, 4.69) is 5.32 Å². The standard InChI is InChI=1S/C14H20FNO2/c1-14(2,3)13(17)16-9-12(18-4)10-6-5-7-11(15)8-10/h5-8,12H,9H2,1-4H3,(H,16,17). The van der Waals surface area contributed by atoms with E-state index >= 15 is 0 Å². The van der Waals surface area contributed by atoms with Crippen LogP contribution in [0.1, 0.15) is 32.4 Å². The number of ether oxygens (including phenoxy) is 1. The van der Waals surface area contributed by atoms with Crippen molar-refractivity contribution in [2.45, 2.75) is 26.9 Å². The Bertz CT molecular complexity index is 413. The summed E-state index contributed by atoms with van der Waals surface area (Å²) in [5, 5.41) is 2.81. The molecule has 1 aromatic rings. The molecule has 0 saturated heterocycles. The number of nitrogens with one attached hydrogen (secondary N) is 1. The first-order valence-electron chi connectivity index (χ1n) is 5.91. The summed E-state index contributed by atoms with van der Waals surface area (Å²) in [5.74, 6) is -0.363. The van der Waals surface area contributed by atoms with Crippen molar-refractivity contribution in [2.75, 3.05) is 13.7 Å². The molecule has 18 heavy (non-hydrogen) atoms. The van der Waals surface area contributed by atoms with Crippen molar-refractivity contribution in [1.29, 1.82) is 0 Å². The number of benzene rings is 1. The van der Waals surface area contributed by atoms with Crippen LogP contribution in [0.15, 0.2) is 24.3 Å². The van der Waals surface area contributed by atoms with Crippen LogP contribution in [0.4, 0.5) is 4.39 Å². The lowest BCUT2D eigenvalue weighted by molar-refractivity contribution is -0.129. The van der Waals surface area contributed by atoms with E-state index in [9.17, 15) is 9.18 Å². The van der Waals surface area contributed by atoms with Crippen molar-refractivity contribution in [3.05, 3.63) is 35.6 Å². The van der Waals surface area contributed by atoms with E-state index in [1.807, 2.05) is 20.8 Å². The highest BCUT2D eigenvalue weighted by molar-refractivity contribution is 5.81. The summed E-state index contributed by atoms with van der Waals surface area (Å²) in [6, 6.07) is 6.20. The number of amides is 1. The van der Waals surface area contributed by atoms with Gasteiger partial charge < -0.3 is 10.1 Å². The quantitative estimate of drug-likeness (QED) is 0.896.